The van der Waals surface area contributed by atoms with Crippen LogP contribution in [0, 0.1) is 43.9 Å². The number of rotatable bonds is 48. The summed E-state index contributed by atoms with van der Waals surface area (Å²) in [6.45, 7) is 17.9. The van der Waals surface area contributed by atoms with Gasteiger partial charge in [0, 0.05) is 101 Å². The Bertz CT molecular complexity index is 6010. The number of nitrogens with one attached hydrogen (secondary N) is 6. The Morgan fingerprint density at radius 2 is 0.595 bits per heavy atom. The third-order valence-electron chi connectivity index (χ3n) is 23.5. The quantitative estimate of drug-likeness (QED) is 0.00421. The summed E-state index contributed by atoms with van der Waals surface area (Å²) >= 11 is 0. The zero-order chi connectivity index (χ0) is 108. The van der Waals surface area contributed by atoms with Crippen LogP contribution in [0.25, 0.3) is 0 Å². The van der Waals surface area contributed by atoms with Crippen LogP contribution in [0.2, 0.25) is 0 Å². The normalized spacial score (nSPS) is 17.3. The Hall–Kier alpha value is -12.5. The average Bonchev–Trinajstić information content (AvgIpc) is 1.30. The first kappa shape index (κ1) is 119. The number of carbonyl (C=O) groups is 4. The first-order chi connectivity index (χ1) is 70.6. The minimum absolute atomic E-state index is 0.000360. The van der Waals surface area contributed by atoms with Crippen LogP contribution in [0.3, 0.4) is 0 Å². The number of nitro benzene ring substituents is 2. The van der Waals surface area contributed by atoms with E-state index in [9.17, 15) is 93.9 Å². The Labute approximate surface area is 863 Å². The molecule has 0 aliphatic carbocycles. The number of anilines is 2. The van der Waals surface area contributed by atoms with Crippen molar-refractivity contribution in [2.75, 3.05) is 117 Å². The average molecular weight is 2140 g/mol. The fourth-order valence-corrected chi connectivity index (χ4v) is 22.4. The van der Waals surface area contributed by atoms with E-state index in [-0.39, 0.29) is 163 Å². The highest BCUT2D eigenvalue weighted by Crippen LogP contribution is 2.29. The molecule has 4 heterocycles. The number of ether oxygens (including phenoxy) is 8. The second kappa shape index (κ2) is 59.0. The molecule has 48 heteroatoms. The number of carbonyl (C=O) groups excluding carboxylic acids is 4. The molecule has 10 atom stereocenters. The van der Waals surface area contributed by atoms with Gasteiger partial charge in [0.05, 0.1) is 143 Å². The molecule has 2 unspecified atom stereocenters. The first-order valence-electron chi connectivity index (χ1n) is 48.3. The molecule has 8 aromatic carbocycles. The largest absolute Gasteiger partial charge is 0.444 e. The highest BCUT2D eigenvalue weighted by atomic mass is 32.2. The molecule has 0 spiro atoms. The zero-order valence-electron chi connectivity index (χ0n) is 83.8. The molecule has 8 aromatic rings. The van der Waals surface area contributed by atoms with E-state index in [1.54, 1.807) is 0 Å². The molecule has 14 N–H and O–H groups in total. The Balaban J connectivity index is 0.000000219. The van der Waals surface area contributed by atoms with Crippen molar-refractivity contribution >= 4 is 98.6 Å². The molecule has 808 valence electrons. The number of oxime groups is 2. The van der Waals surface area contributed by atoms with Crippen molar-refractivity contribution in [3.8, 4) is 0 Å². The fourth-order valence-electron chi connectivity index (χ4n) is 16.0. The van der Waals surface area contributed by atoms with Crippen LogP contribution < -0.4 is 43.7 Å². The monoisotopic (exact) mass is 2140 g/mol. The summed E-state index contributed by atoms with van der Waals surface area (Å²) in [4.78, 5) is 71.4. The van der Waals surface area contributed by atoms with E-state index in [1.165, 1.54) is 73.6 Å². The van der Waals surface area contributed by atoms with E-state index >= 15 is 0 Å². The van der Waals surface area contributed by atoms with Gasteiger partial charge in [-0.15, -0.1) is 0 Å². The zero-order valence-corrected chi connectivity index (χ0v) is 87.1. The van der Waals surface area contributed by atoms with E-state index in [0.29, 0.717) is 89.7 Å². The van der Waals surface area contributed by atoms with Gasteiger partial charge in [-0.3, -0.25) is 20.2 Å². The van der Waals surface area contributed by atoms with Gasteiger partial charge in [0.2, 0.25) is 40.1 Å². The number of alkyl carbamates (subject to hydrolysis) is 4. The number of nitrogens with two attached hydrogens (primary N) is 2. The summed E-state index contributed by atoms with van der Waals surface area (Å²) < 4.78 is 156. The summed E-state index contributed by atoms with van der Waals surface area (Å²) in [7, 11) is -16.1. The predicted octanol–water partition coefficient (Wildman–Crippen LogP) is 11.2. The van der Waals surface area contributed by atoms with E-state index < -0.39 is 117 Å². The van der Waals surface area contributed by atoms with Gasteiger partial charge < -0.3 is 91.5 Å². The lowest BCUT2D eigenvalue weighted by Gasteiger charge is -2.32. The molecule has 4 aliphatic rings. The van der Waals surface area contributed by atoms with Crippen molar-refractivity contribution in [1.82, 2.24) is 49.4 Å². The van der Waals surface area contributed by atoms with Crippen LogP contribution in [0.5, 0.6) is 0 Å². The van der Waals surface area contributed by atoms with Gasteiger partial charge in [-0.2, -0.15) is 28.2 Å². The molecule has 44 nitrogen and oxygen atoms in total. The Kier molecular flexibility index (Phi) is 47.5. The number of sulfonamides is 4. The lowest BCUT2D eigenvalue weighted by Crippen LogP contribution is -2.56. The Morgan fingerprint density at radius 1 is 0.358 bits per heavy atom. The maximum absolute atomic E-state index is 13.6. The number of hydroxylamine groups is 2. The number of nitrogen functional groups attached to an aromatic ring is 2. The van der Waals surface area contributed by atoms with E-state index in [2.05, 4.69) is 42.5 Å². The topological polar surface area (TPSA) is 608 Å². The summed E-state index contributed by atoms with van der Waals surface area (Å²) in [5, 5.41) is 80.1. The lowest BCUT2D eigenvalue weighted by atomic mass is 9.99. The van der Waals surface area contributed by atoms with Crippen molar-refractivity contribution in [1.29, 1.82) is 0 Å². The smallest absolute Gasteiger partial charge is 0.408 e. The van der Waals surface area contributed by atoms with Gasteiger partial charge in [-0.05, 0) is 144 Å². The van der Waals surface area contributed by atoms with Crippen molar-refractivity contribution < 1.29 is 121 Å². The molecule has 0 aromatic heterocycles. The molecule has 12 rings (SSSR count). The molecule has 0 bridgehead atoms. The van der Waals surface area contributed by atoms with E-state index in [4.69, 9.17) is 49.4 Å². The van der Waals surface area contributed by atoms with Crippen LogP contribution in [-0.4, -0.2) is 283 Å². The van der Waals surface area contributed by atoms with Crippen LogP contribution in [0.1, 0.15) is 103 Å². The highest BCUT2D eigenvalue weighted by Gasteiger charge is 2.40. The molecule has 0 saturated carbocycles. The summed E-state index contributed by atoms with van der Waals surface area (Å²) in [5.41, 5.74) is 19.8. The first-order valence-corrected chi connectivity index (χ1v) is 54.1. The molecular formula is C100H136N16O28S4. The number of hydrogen-bond donors (Lipinski definition) is 12. The predicted molar refractivity (Wildman–Crippen MR) is 549 cm³/mol. The number of nitrogens with zero attached hydrogens (tertiary/aromatic N) is 8. The third kappa shape index (κ3) is 38.3. The van der Waals surface area contributed by atoms with Gasteiger partial charge in [0.15, 0.2) is 0 Å². The van der Waals surface area contributed by atoms with Crippen molar-refractivity contribution in [3.05, 3.63) is 261 Å². The minimum atomic E-state index is -4.14. The van der Waals surface area contributed by atoms with Gasteiger partial charge >= 0.3 is 24.4 Å². The summed E-state index contributed by atoms with van der Waals surface area (Å²) in [6, 6.07) is 53.3. The number of amides is 4. The van der Waals surface area contributed by atoms with Gasteiger partial charge in [0.1, 0.15) is 24.4 Å². The van der Waals surface area contributed by atoms with E-state index in [1.807, 2.05) is 177 Å². The number of hydrogen-bond acceptors (Lipinski definition) is 34. The molecule has 0 radical (unpaired) electrons. The van der Waals surface area contributed by atoms with Gasteiger partial charge in [0.25, 0.3) is 11.4 Å². The van der Waals surface area contributed by atoms with Gasteiger partial charge in [-0.1, -0.05) is 187 Å². The standard InChI is InChI=1S/C25H34N4O8S.C25H32N4O8S.C25H36N4O6S.C25H34N4O6S/c2*1-18(2)15-28(38(34,35)22-10-8-20(9-11-22)29(32)33)16-24(27-31)23(14-19-6-4-3-5-7-19)26-25(30)37-21-12-13-36-17-21;2*1-18(2)15-29(36(32,33)22-10-8-20(26)9-11-22)16-24(28-31)23(14-19-6-4-3-5-7-19)27-25(30)35-21-12-13-34-17-21/h3-11,18,21,23-24,27,31H,12-17H2,1-2H3,(H,26,30);3-11,18,21,23,31H,12-17H2,1-2H3,(H,26,30);3-11,18,21,23-24,28,31H,12-17,26H2,1-2H3,(H,27,30);3-11,18,21,23,31H,12-17,26H2,1-2H3,(H,27,30)/t21-,23-,24?;21-,23-;21-,23-,24?;21-,23-/m0000/s1. The van der Waals surface area contributed by atoms with Crippen molar-refractivity contribution in [2.24, 2.45) is 34.0 Å². The van der Waals surface area contributed by atoms with Crippen LogP contribution in [0.15, 0.2) is 248 Å². The molecule has 4 saturated heterocycles. The fraction of sp³-hybridized carbons (Fsp3) is 0.460. The lowest BCUT2D eigenvalue weighted by molar-refractivity contribution is -0.385. The van der Waals surface area contributed by atoms with Crippen molar-refractivity contribution in [2.45, 2.75) is 187 Å². The van der Waals surface area contributed by atoms with Crippen molar-refractivity contribution in [3.63, 3.8) is 0 Å². The minimum Gasteiger partial charge on any atom is -0.444 e. The van der Waals surface area contributed by atoms with Gasteiger partial charge in [-0.25, -0.2) is 52.8 Å². The second-order valence-corrected chi connectivity index (χ2v) is 45.1. The third-order valence-corrected chi connectivity index (χ3v) is 30.9. The van der Waals surface area contributed by atoms with Crippen LogP contribution in [0.4, 0.5) is 41.9 Å². The molecule has 4 fully saturated rings. The number of non-ortho nitro benzene ring substituents is 2. The molecular weight excluding hydrogens is 2000 g/mol. The molecule has 4 aliphatic heterocycles. The Morgan fingerprint density at radius 3 is 0.824 bits per heavy atom. The maximum Gasteiger partial charge on any atom is 0.408 e. The molecule has 148 heavy (non-hydrogen) atoms. The molecule has 4 amide bonds. The second-order valence-electron chi connectivity index (χ2n) is 37.3. The van der Waals surface area contributed by atoms with Crippen LogP contribution in [-0.2, 0) is 104 Å². The van der Waals surface area contributed by atoms with E-state index in [0.717, 1.165) is 63.0 Å². The maximum atomic E-state index is 13.6. The number of benzene rings is 8. The SMILES string of the molecule is CC(C)CN(CC(=NO)[C@H](Cc1ccccc1)NC(=O)O[C@H]1CCOC1)S(=O)(=O)c1ccc(N)cc1.CC(C)CN(CC(=NO)[C@H](Cc1ccccc1)NC(=O)O[C@H]1CCOC1)S(=O)(=O)c1ccc([N+](=O)[O-])cc1.CC(C)CN(CC(NO)[C@H](Cc1ccccc1)NC(=O)O[C@H]1CCOC1)S(=O)(=O)c1ccc(N)cc1.CC(C)CN(CC(NO)[C@H](Cc1ccccc1)NC(=O)O[C@H]1CCOC1)S(=O)(=O)c1ccc([N+](=O)[O-])cc1. The van der Waals surface area contributed by atoms with Crippen LogP contribution >= 0.6 is 0 Å². The summed E-state index contributed by atoms with van der Waals surface area (Å²) in [5.74, 6) is -0.173. The summed E-state index contributed by atoms with van der Waals surface area (Å²) in [6.07, 6.45) is -0.811. The number of nitro groups is 2. The highest BCUT2D eigenvalue weighted by molar-refractivity contribution is 7.90.